The van der Waals surface area contributed by atoms with Crippen molar-refractivity contribution in [3.8, 4) is 23.0 Å². The fourth-order valence-corrected chi connectivity index (χ4v) is 3.28. The lowest BCUT2D eigenvalue weighted by Gasteiger charge is -2.07. The highest BCUT2D eigenvalue weighted by molar-refractivity contribution is 14.1. The Bertz CT molecular complexity index is 1160. The highest BCUT2D eigenvalue weighted by Gasteiger charge is 2.09. The fraction of sp³-hybridized carbons (Fsp3) is 0.0769. The monoisotopic (exact) mass is 556 g/mol. The second-order valence-corrected chi connectivity index (χ2v) is 7.81. The Morgan fingerprint density at radius 2 is 1.12 bits per heavy atom. The third kappa shape index (κ3) is 7.50. The average molecular weight is 556 g/mol. The van der Waals surface area contributed by atoms with Crippen LogP contribution in [0.3, 0.4) is 0 Å². The Hall–Kier alpha value is -3.59. The Balaban J connectivity index is 1.55. The van der Waals surface area contributed by atoms with Crippen molar-refractivity contribution in [1.82, 2.24) is 0 Å². The van der Waals surface area contributed by atoms with Gasteiger partial charge in [0.2, 0.25) is 0 Å². The molecule has 0 saturated heterocycles. The third-order valence-corrected chi connectivity index (χ3v) is 5.23. The first-order valence-corrected chi connectivity index (χ1v) is 10.9. The van der Waals surface area contributed by atoms with E-state index in [4.69, 9.17) is 18.9 Å². The van der Waals surface area contributed by atoms with Crippen molar-refractivity contribution in [2.45, 2.75) is 0 Å². The van der Waals surface area contributed by atoms with E-state index < -0.39 is 11.9 Å². The summed E-state index contributed by atoms with van der Waals surface area (Å²) < 4.78 is 21.5. The minimum absolute atomic E-state index is 0.345. The van der Waals surface area contributed by atoms with Crippen LogP contribution in [0.25, 0.3) is 12.2 Å². The molecule has 6 nitrogen and oxygen atoms in total. The maximum atomic E-state index is 12.1. The van der Waals surface area contributed by atoms with Crippen LogP contribution in [0.4, 0.5) is 0 Å². The van der Waals surface area contributed by atoms with E-state index in [2.05, 4.69) is 0 Å². The Morgan fingerprint density at radius 3 is 1.58 bits per heavy atom. The van der Waals surface area contributed by atoms with E-state index >= 15 is 0 Å². The molecule has 0 N–H and O–H groups in total. The molecule has 0 aliphatic heterocycles. The van der Waals surface area contributed by atoms with Crippen molar-refractivity contribution >= 4 is 46.7 Å². The zero-order chi connectivity index (χ0) is 23.6. The molecule has 0 heterocycles. The van der Waals surface area contributed by atoms with Gasteiger partial charge in [-0.3, -0.25) is 0 Å². The zero-order valence-electron chi connectivity index (χ0n) is 18.0. The first kappa shape index (κ1) is 24.1. The van der Waals surface area contributed by atoms with Gasteiger partial charge < -0.3 is 18.9 Å². The SMILES string of the molecule is COc1ccc(/C=C/C(=O)Oc2ccc(OC(=O)/C=C/c3ccc(OC)cc3)c(I)c2)cc1. The van der Waals surface area contributed by atoms with Gasteiger partial charge in [0.1, 0.15) is 23.0 Å². The van der Waals surface area contributed by atoms with Gasteiger partial charge in [0.05, 0.1) is 17.8 Å². The predicted octanol–water partition coefficient (Wildman–Crippen LogP) is 5.55. The van der Waals surface area contributed by atoms with E-state index in [1.807, 2.05) is 46.9 Å². The fourth-order valence-electron chi connectivity index (χ4n) is 2.68. The number of methoxy groups -OCH3 is 2. The first-order valence-electron chi connectivity index (χ1n) is 9.84. The van der Waals surface area contributed by atoms with Crippen molar-refractivity contribution in [1.29, 1.82) is 0 Å². The maximum Gasteiger partial charge on any atom is 0.336 e. The molecule has 0 fully saturated rings. The van der Waals surface area contributed by atoms with Crippen LogP contribution in [0.1, 0.15) is 11.1 Å². The molecule has 0 unspecified atom stereocenters. The molecule has 168 valence electrons. The summed E-state index contributed by atoms with van der Waals surface area (Å²) in [7, 11) is 3.18. The number of halogens is 1. The lowest BCUT2D eigenvalue weighted by molar-refractivity contribution is -0.130. The van der Waals surface area contributed by atoms with Gasteiger partial charge in [-0.15, -0.1) is 0 Å². The number of esters is 2. The molecule has 3 aromatic rings. The smallest absolute Gasteiger partial charge is 0.336 e. The van der Waals surface area contributed by atoms with Crippen LogP contribution in [-0.4, -0.2) is 26.2 Å². The summed E-state index contributed by atoms with van der Waals surface area (Å²) in [6.45, 7) is 0. The molecule has 0 aliphatic rings. The van der Waals surface area contributed by atoms with Crippen LogP contribution < -0.4 is 18.9 Å². The second-order valence-electron chi connectivity index (χ2n) is 6.65. The van der Waals surface area contributed by atoms with Crippen LogP contribution in [0.2, 0.25) is 0 Å². The van der Waals surface area contributed by atoms with Crippen molar-refractivity contribution in [3.63, 3.8) is 0 Å². The highest BCUT2D eigenvalue weighted by atomic mass is 127. The van der Waals surface area contributed by atoms with E-state index in [0.29, 0.717) is 15.1 Å². The molecule has 0 bridgehead atoms. The second kappa shape index (κ2) is 11.9. The number of hydrogen-bond acceptors (Lipinski definition) is 6. The molecule has 0 aromatic heterocycles. The molecular weight excluding hydrogens is 535 g/mol. The van der Waals surface area contributed by atoms with E-state index in [1.165, 1.54) is 12.2 Å². The molecule has 33 heavy (non-hydrogen) atoms. The number of benzene rings is 3. The van der Waals surface area contributed by atoms with Crippen LogP contribution in [0.15, 0.2) is 78.9 Å². The van der Waals surface area contributed by atoms with E-state index in [-0.39, 0.29) is 0 Å². The molecule has 3 aromatic carbocycles. The number of rotatable bonds is 8. The summed E-state index contributed by atoms with van der Waals surface area (Å²) >= 11 is 2.01. The van der Waals surface area contributed by atoms with Crippen molar-refractivity contribution in [3.05, 3.63) is 93.6 Å². The molecule has 0 saturated carbocycles. The van der Waals surface area contributed by atoms with E-state index in [9.17, 15) is 9.59 Å². The van der Waals surface area contributed by atoms with Gasteiger partial charge in [0, 0.05) is 12.2 Å². The van der Waals surface area contributed by atoms with Crippen LogP contribution in [0.5, 0.6) is 23.0 Å². The number of carbonyl (C=O) groups excluding carboxylic acids is 2. The number of hydrogen-bond donors (Lipinski definition) is 0. The largest absolute Gasteiger partial charge is 0.497 e. The van der Waals surface area contributed by atoms with E-state index in [1.54, 1.807) is 68.8 Å². The van der Waals surface area contributed by atoms with Crippen molar-refractivity contribution in [2.75, 3.05) is 14.2 Å². The normalized spacial score (nSPS) is 10.9. The summed E-state index contributed by atoms with van der Waals surface area (Å²) in [6, 6.07) is 19.3. The van der Waals surface area contributed by atoms with Crippen LogP contribution >= 0.6 is 22.6 Å². The lowest BCUT2D eigenvalue weighted by atomic mass is 10.2. The number of ether oxygens (including phenoxy) is 4. The zero-order valence-corrected chi connectivity index (χ0v) is 20.1. The first-order chi connectivity index (χ1) is 16.0. The molecule has 0 aliphatic carbocycles. The molecule has 0 spiro atoms. The molecule has 3 rings (SSSR count). The Labute approximate surface area is 205 Å². The summed E-state index contributed by atoms with van der Waals surface area (Å²) in [4.78, 5) is 24.2. The summed E-state index contributed by atoms with van der Waals surface area (Å²) in [5.74, 6) is 1.15. The topological polar surface area (TPSA) is 71.1 Å². The van der Waals surface area contributed by atoms with Crippen molar-refractivity contribution in [2.24, 2.45) is 0 Å². The minimum atomic E-state index is -0.520. The number of carbonyl (C=O) groups is 2. The van der Waals surface area contributed by atoms with Crippen LogP contribution in [-0.2, 0) is 9.59 Å². The highest BCUT2D eigenvalue weighted by Crippen LogP contribution is 2.26. The van der Waals surface area contributed by atoms with Gasteiger partial charge in [-0.25, -0.2) is 9.59 Å². The van der Waals surface area contributed by atoms with Gasteiger partial charge in [0.15, 0.2) is 0 Å². The molecule has 7 heteroatoms. The third-order valence-electron chi connectivity index (χ3n) is 4.39. The van der Waals surface area contributed by atoms with Gasteiger partial charge in [-0.05, 0) is 88.3 Å². The quantitative estimate of drug-likeness (QED) is 0.157. The van der Waals surface area contributed by atoms with Crippen molar-refractivity contribution < 1.29 is 28.5 Å². The molecular formula is C26H21IO6. The molecule has 0 radical (unpaired) electrons. The van der Waals surface area contributed by atoms with Gasteiger partial charge in [0.25, 0.3) is 0 Å². The van der Waals surface area contributed by atoms with Crippen LogP contribution in [0, 0.1) is 3.57 Å². The summed E-state index contributed by atoms with van der Waals surface area (Å²) in [5.41, 5.74) is 1.68. The summed E-state index contributed by atoms with van der Waals surface area (Å²) in [5, 5.41) is 0. The lowest BCUT2D eigenvalue weighted by Crippen LogP contribution is -2.06. The Morgan fingerprint density at radius 1 is 0.667 bits per heavy atom. The summed E-state index contributed by atoms with van der Waals surface area (Å²) in [6.07, 6.45) is 5.99. The average Bonchev–Trinajstić information content (AvgIpc) is 2.84. The molecule has 0 atom stereocenters. The Kier molecular flexibility index (Phi) is 8.65. The predicted molar refractivity (Wildman–Crippen MR) is 134 cm³/mol. The van der Waals surface area contributed by atoms with E-state index in [0.717, 1.165) is 22.6 Å². The molecule has 0 amide bonds. The minimum Gasteiger partial charge on any atom is -0.497 e. The maximum absolute atomic E-state index is 12.1. The standard InChI is InChI=1S/C26H21IO6/c1-30-20-9-3-18(4-10-20)7-15-25(28)32-22-13-14-24(23(27)17-22)33-26(29)16-8-19-5-11-21(31-2)12-6-19/h3-17H,1-2H3/b15-7+,16-8+. The van der Waals surface area contributed by atoms with Gasteiger partial charge in [-0.1, -0.05) is 24.3 Å². The van der Waals surface area contributed by atoms with Gasteiger partial charge in [-0.2, -0.15) is 0 Å². The van der Waals surface area contributed by atoms with Gasteiger partial charge >= 0.3 is 11.9 Å².